The van der Waals surface area contributed by atoms with Crippen molar-refractivity contribution >= 4 is 39.5 Å². The molecule has 2 aromatic carbocycles. The highest BCUT2D eigenvalue weighted by Crippen LogP contribution is 2.51. The first-order chi connectivity index (χ1) is 9.28. The molecule has 3 rings (SSSR count). The van der Waals surface area contributed by atoms with Crippen LogP contribution in [0.15, 0.2) is 60.5 Å². The fourth-order valence-corrected chi connectivity index (χ4v) is 4.82. The first-order valence-corrected chi connectivity index (χ1v) is 8.22. The first kappa shape index (κ1) is 13.4. The summed E-state index contributed by atoms with van der Waals surface area (Å²) in [5.41, 5.74) is 0. The number of benzene rings is 2. The average molecular weight is 355 g/mol. The van der Waals surface area contributed by atoms with Crippen LogP contribution in [0.25, 0.3) is 0 Å². The van der Waals surface area contributed by atoms with Gasteiger partial charge >= 0.3 is 0 Å². The van der Waals surface area contributed by atoms with Gasteiger partial charge in [-0.3, -0.25) is 0 Å². The highest BCUT2D eigenvalue weighted by atomic mass is 79.9. The van der Waals surface area contributed by atoms with E-state index in [4.69, 9.17) is 9.84 Å². The van der Waals surface area contributed by atoms with E-state index < -0.39 is 0 Å². The predicted molar refractivity (Wildman–Crippen MR) is 81.4 cm³/mol. The number of aliphatic hydroxyl groups is 1. The van der Waals surface area contributed by atoms with Crippen molar-refractivity contribution in [2.45, 2.75) is 19.6 Å². The molecule has 5 heteroatoms. The first-order valence-electron chi connectivity index (χ1n) is 5.80. The number of halogens is 1. The molecule has 0 aromatic heterocycles. The molecule has 0 spiro atoms. The molecule has 1 heterocycles. The molecule has 0 saturated carbocycles. The molecular weight excluding hydrogens is 344 g/mol. The normalized spacial score (nSPS) is 12.7. The average Bonchev–Trinajstić information content (AvgIpc) is 2.43. The number of hydrogen-bond donors (Lipinski definition) is 1. The highest BCUT2D eigenvalue weighted by Gasteiger charge is 2.19. The highest BCUT2D eigenvalue weighted by molar-refractivity contribution is 9.10. The lowest BCUT2D eigenvalue weighted by atomic mass is 10.3. The zero-order chi connectivity index (χ0) is 13.2. The smallest absolute Gasteiger partial charge is 0.120 e. The molecule has 19 heavy (non-hydrogen) atoms. The van der Waals surface area contributed by atoms with Gasteiger partial charge in [0.05, 0.1) is 6.61 Å². The van der Waals surface area contributed by atoms with Crippen LogP contribution in [-0.2, 0) is 0 Å². The number of ether oxygens (including phenoxy) is 1. The van der Waals surface area contributed by atoms with Gasteiger partial charge in [-0.05, 0) is 46.3 Å². The lowest BCUT2D eigenvalue weighted by Gasteiger charge is -2.19. The van der Waals surface area contributed by atoms with Crippen LogP contribution in [0, 0.1) is 0 Å². The second-order valence-electron chi connectivity index (χ2n) is 3.95. The van der Waals surface area contributed by atoms with Crippen LogP contribution in [0.1, 0.15) is 0 Å². The summed E-state index contributed by atoms with van der Waals surface area (Å²) in [7, 11) is 0. The van der Waals surface area contributed by atoms with Crippen LogP contribution in [0.5, 0.6) is 5.75 Å². The topological polar surface area (TPSA) is 29.5 Å². The van der Waals surface area contributed by atoms with Crippen molar-refractivity contribution in [1.82, 2.24) is 0 Å². The van der Waals surface area contributed by atoms with Crippen molar-refractivity contribution in [2.75, 3.05) is 13.2 Å². The Bertz CT molecular complexity index is 616. The molecule has 0 aliphatic carbocycles. The van der Waals surface area contributed by atoms with Crippen molar-refractivity contribution in [3.05, 3.63) is 40.9 Å². The third-order valence-corrected chi connectivity index (χ3v) is 6.16. The predicted octanol–water partition coefficient (Wildman–Crippen LogP) is 4.44. The molecular formula is C14H11BrO2S2. The molecule has 0 amide bonds. The van der Waals surface area contributed by atoms with Gasteiger partial charge in [-0.2, -0.15) is 0 Å². The van der Waals surface area contributed by atoms with E-state index in [2.05, 4.69) is 34.1 Å². The van der Waals surface area contributed by atoms with E-state index in [1.165, 1.54) is 19.6 Å². The molecule has 0 fully saturated rings. The minimum atomic E-state index is 0.0365. The van der Waals surface area contributed by atoms with Crippen LogP contribution < -0.4 is 4.74 Å². The SMILES string of the molecule is OCCOc1ccc2c(c1)Sc1cccc(Br)c1S2. The zero-order valence-electron chi connectivity index (χ0n) is 9.93. The Kier molecular flexibility index (Phi) is 4.07. The van der Waals surface area contributed by atoms with Crippen LogP contribution in [0.2, 0.25) is 0 Å². The van der Waals surface area contributed by atoms with E-state index in [1.807, 2.05) is 18.2 Å². The number of rotatable bonds is 3. The minimum Gasteiger partial charge on any atom is -0.491 e. The van der Waals surface area contributed by atoms with Gasteiger partial charge in [-0.15, -0.1) is 0 Å². The fraction of sp³-hybridized carbons (Fsp3) is 0.143. The Balaban J connectivity index is 1.92. The third-order valence-electron chi connectivity index (χ3n) is 2.64. The summed E-state index contributed by atoms with van der Waals surface area (Å²) in [5, 5.41) is 8.79. The van der Waals surface area contributed by atoms with E-state index in [0.717, 1.165) is 10.2 Å². The second kappa shape index (κ2) is 5.79. The van der Waals surface area contributed by atoms with Gasteiger partial charge in [0.15, 0.2) is 0 Å². The maximum Gasteiger partial charge on any atom is 0.120 e. The molecule has 1 aliphatic heterocycles. The van der Waals surface area contributed by atoms with Crippen LogP contribution in [0.4, 0.5) is 0 Å². The summed E-state index contributed by atoms with van der Waals surface area (Å²) in [5.74, 6) is 0.805. The summed E-state index contributed by atoms with van der Waals surface area (Å²) in [6, 6.07) is 12.3. The van der Waals surface area contributed by atoms with Crippen molar-refractivity contribution in [3.63, 3.8) is 0 Å². The largest absolute Gasteiger partial charge is 0.491 e. The van der Waals surface area contributed by atoms with E-state index in [0.29, 0.717) is 6.61 Å². The summed E-state index contributed by atoms with van der Waals surface area (Å²) in [6.07, 6.45) is 0. The molecule has 0 radical (unpaired) electrons. The van der Waals surface area contributed by atoms with E-state index in [9.17, 15) is 0 Å². The molecule has 1 aliphatic rings. The summed E-state index contributed by atoms with van der Waals surface area (Å²) >= 11 is 7.12. The van der Waals surface area contributed by atoms with Gasteiger partial charge in [0, 0.05) is 24.1 Å². The minimum absolute atomic E-state index is 0.0365. The number of fused-ring (bicyclic) bond motifs is 2. The number of hydrogen-bond acceptors (Lipinski definition) is 4. The van der Waals surface area contributed by atoms with Gasteiger partial charge in [0.2, 0.25) is 0 Å². The molecule has 0 bridgehead atoms. The van der Waals surface area contributed by atoms with Crippen LogP contribution in [0.3, 0.4) is 0 Å². The zero-order valence-corrected chi connectivity index (χ0v) is 13.1. The van der Waals surface area contributed by atoms with Crippen LogP contribution in [-0.4, -0.2) is 18.3 Å². The Morgan fingerprint density at radius 3 is 2.79 bits per heavy atom. The van der Waals surface area contributed by atoms with Gasteiger partial charge in [0.1, 0.15) is 12.4 Å². The van der Waals surface area contributed by atoms with Crippen molar-refractivity contribution in [3.8, 4) is 5.75 Å². The summed E-state index contributed by atoms with van der Waals surface area (Å²) in [4.78, 5) is 4.96. The van der Waals surface area contributed by atoms with Crippen molar-refractivity contribution in [2.24, 2.45) is 0 Å². The Hall–Kier alpha value is -0.620. The second-order valence-corrected chi connectivity index (χ2v) is 6.94. The van der Waals surface area contributed by atoms with E-state index >= 15 is 0 Å². The lowest BCUT2D eigenvalue weighted by Crippen LogP contribution is -2.02. The van der Waals surface area contributed by atoms with Gasteiger partial charge < -0.3 is 9.84 Å². The van der Waals surface area contributed by atoms with E-state index in [-0.39, 0.29) is 6.61 Å². The Labute approximate surface area is 128 Å². The molecule has 0 unspecified atom stereocenters. The summed E-state index contributed by atoms with van der Waals surface area (Å²) in [6.45, 7) is 0.369. The molecule has 0 atom stereocenters. The molecule has 2 nitrogen and oxygen atoms in total. The molecule has 1 N–H and O–H groups in total. The molecule has 2 aromatic rings. The third kappa shape index (κ3) is 2.79. The Morgan fingerprint density at radius 2 is 1.95 bits per heavy atom. The van der Waals surface area contributed by atoms with Gasteiger partial charge in [0.25, 0.3) is 0 Å². The van der Waals surface area contributed by atoms with Crippen molar-refractivity contribution < 1.29 is 9.84 Å². The van der Waals surface area contributed by atoms with E-state index in [1.54, 1.807) is 23.5 Å². The molecule has 0 saturated heterocycles. The lowest BCUT2D eigenvalue weighted by molar-refractivity contribution is 0.201. The van der Waals surface area contributed by atoms with Crippen molar-refractivity contribution in [1.29, 1.82) is 0 Å². The monoisotopic (exact) mass is 354 g/mol. The van der Waals surface area contributed by atoms with Crippen LogP contribution >= 0.6 is 39.5 Å². The number of aliphatic hydroxyl groups excluding tert-OH is 1. The molecule has 98 valence electrons. The van der Waals surface area contributed by atoms with Gasteiger partial charge in [-0.25, -0.2) is 0 Å². The van der Waals surface area contributed by atoms with Gasteiger partial charge in [-0.1, -0.05) is 29.6 Å². The Morgan fingerprint density at radius 1 is 1.05 bits per heavy atom. The quantitative estimate of drug-likeness (QED) is 0.752. The maximum atomic E-state index is 8.79. The summed E-state index contributed by atoms with van der Waals surface area (Å²) < 4.78 is 6.58. The maximum absolute atomic E-state index is 8.79. The standard InChI is InChI=1S/C14H11BrO2S2/c15-10-2-1-3-12-14(10)19-11-5-4-9(17-7-6-16)8-13(11)18-12/h1-5,8,16H,6-7H2. The fourth-order valence-electron chi connectivity index (χ4n) is 1.80.